The Labute approximate surface area is 163 Å². The maximum atomic E-state index is 12.5. The molecule has 0 radical (unpaired) electrons. The van der Waals surface area contributed by atoms with E-state index in [2.05, 4.69) is 6.92 Å². The normalized spacial score (nSPS) is 14.7. The van der Waals surface area contributed by atoms with Crippen molar-refractivity contribution in [2.45, 2.75) is 77.6 Å². The third kappa shape index (κ3) is 7.74. The molecular weight excluding hydrogens is 340 g/mol. The lowest BCUT2D eigenvalue weighted by atomic mass is 9.90. The predicted octanol–water partition coefficient (Wildman–Crippen LogP) is 5.94. The van der Waals surface area contributed by atoms with Crippen molar-refractivity contribution in [3.05, 3.63) is 35.4 Å². The van der Waals surface area contributed by atoms with Crippen LogP contribution >= 0.6 is 0 Å². The van der Waals surface area contributed by atoms with Crippen LogP contribution in [0.1, 0.15) is 98.3 Å². The van der Waals surface area contributed by atoms with Crippen molar-refractivity contribution in [2.24, 2.45) is 5.92 Å². The Kier molecular flexibility index (Phi) is 9.96. The highest BCUT2D eigenvalue weighted by atomic mass is 16.5. The van der Waals surface area contributed by atoms with Crippen molar-refractivity contribution in [2.75, 3.05) is 13.2 Å². The summed E-state index contributed by atoms with van der Waals surface area (Å²) in [5, 5.41) is 0. The van der Waals surface area contributed by atoms with Gasteiger partial charge in [-0.1, -0.05) is 70.4 Å². The lowest BCUT2D eigenvalue weighted by Gasteiger charge is -2.21. The van der Waals surface area contributed by atoms with Crippen LogP contribution in [0.2, 0.25) is 0 Å². The van der Waals surface area contributed by atoms with Crippen LogP contribution in [-0.2, 0) is 9.47 Å². The summed E-state index contributed by atoms with van der Waals surface area (Å²) in [6, 6.07) is 6.78. The second-order valence-electron chi connectivity index (χ2n) is 7.55. The molecule has 1 fully saturated rings. The fraction of sp³-hybridized carbons (Fsp3) is 0.652. The van der Waals surface area contributed by atoms with Crippen LogP contribution in [0, 0.1) is 5.92 Å². The van der Waals surface area contributed by atoms with Crippen molar-refractivity contribution in [3.8, 4) is 0 Å². The van der Waals surface area contributed by atoms with Gasteiger partial charge in [0.05, 0.1) is 24.3 Å². The zero-order chi connectivity index (χ0) is 19.3. The zero-order valence-corrected chi connectivity index (χ0v) is 16.7. The number of carbonyl (C=O) groups is 2. The number of carbonyl (C=O) groups excluding carboxylic acids is 2. The number of unbranched alkanes of at least 4 members (excludes halogenated alkanes) is 5. The number of benzene rings is 1. The third-order valence-corrected chi connectivity index (χ3v) is 5.27. The van der Waals surface area contributed by atoms with E-state index in [0.29, 0.717) is 30.3 Å². The highest BCUT2D eigenvalue weighted by molar-refractivity contribution is 6.03. The van der Waals surface area contributed by atoms with Crippen LogP contribution in [0.3, 0.4) is 0 Å². The fourth-order valence-corrected chi connectivity index (χ4v) is 3.59. The van der Waals surface area contributed by atoms with Gasteiger partial charge in [-0.05, 0) is 37.3 Å². The SMILES string of the molecule is CCCCCCCCOC(=O)c1ccccc1C(=O)OCC1CCCCC1. The summed E-state index contributed by atoms with van der Waals surface area (Å²) in [5.41, 5.74) is 0.610. The van der Waals surface area contributed by atoms with Gasteiger partial charge in [0.2, 0.25) is 0 Å². The van der Waals surface area contributed by atoms with Crippen LogP contribution in [-0.4, -0.2) is 25.2 Å². The Balaban J connectivity index is 1.79. The van der Waals surface area contributed by atoms with E-state index >= 15 is 0 Å². The molecule has 0 N–H and O–H groups in total. The summed E-state index contributed by atoms with van der Waals surface area (Å²) in [6.45, 7) is 3.04. The smallest absolute Gasteiger partial charge is 0.339 e. The van der Waals surface area contributed by atoms with Crippen molar-refractivity contribution in [1.82, 2.24) is 0 Å². The summed E-state index contributed by atoms with van der Waals surface area (Å²) in [5.74, 6) is -0.406. The molecule has 0 unspecified atom stereocenters. The Hall–Kier alpha value is -1.84. The first-order valence-corrected chi connectivity index (χ1v) is 10.7. The molecule has 0 atom stereocenters. The summed E-state index contributed by atoms with van der Waals surface area (Å²) < 4.78 is 10.9. The molecule has 1 aromatic carbocycles. The minimum absolute atomic E-state index is 0.303. The Morgan fingerprint density at radius 3 is 2.11 bits per heavy atom. The van der Waals surface area contributed by atoms with Crippen molar-refractivity contribution in [3.63, 3.8) is 0 Å². The number of esters is 2. The van der Waals surface area contributed by atoms with E-state index in [4.69, 9.17) is 9.47 Å². The lowest BCUT2D eigenvalue weighted by Crippen LogP contribution is -2.19. The summed E-state index contributed by atoms with van der Waals surface area (Å²) in [6.07, 6.45) is 12.8. The van der Waals surface area contributed by atoms with Crippen molar-refractivity contribution in [1.29, 1.82) is 0 Å². The quantitative estimate of drug-likeness (QED) is 0.355. The van der Waals surface area contributed by atoms with Gasteiger partial charge < -0.3 is 9.47 Å². The fourth-order valence-electron chi connectivity index (χ4n) is 3.59. The third-order valence-electron chi connectivity index (χ3n) is 5.27. The van der Waals surface area contributed by atoms with Crippen molar-refractivity contribution < 1.29 is 19.1 Å². The molecule has 27 heavy (non-hydrogen) atoms. The summed E-state index contributed by atoms with van der Waals surface area (Å²) in [4.78, 5) is 24.8. The molecule has 0 spiro atoms. The molecule has 0 amide bonds. The van der Waals surface area contributed by atoms with Gasteiger partial charge in [-0.15, -0.1) is 0 Å². The van der Waals surface area contributed by atoms with Gasteiger partial charge in [0.1, 0.15) is 0 Å². The number of hydrogen-bond donors (Lipinski definition) is 0. The molecule has 1 saturated carbocycles. The zero-order valence-electron chi connectivity index (χ0n) is 16.7. The molecule has 0 saturated heterocycles. The monoisotopic (exact) mass is 374 g/mol. The molecule has 4 nitrogen and oxygen atoms in total. The minimum Gasteiger partial charge on any atom is -0.462 e. The van der Waals surface area contributed by atoms with Gasteiger partial charge in [-0.25, -0.2) is 9.59 Å². The summed E-state index contributed by atoms with van der Waals surface area (Å²) >= 11 is 0. The maximum absolute atomic E-state index is 12.5. The topological polar surface area (TPSA) is 52.6 Å². The second-order valence-corrected chi connectivity index (χ2v) is 7.55. The first-order chi connectivity index (χ1) is 13.2. The van der Waals surface area contributed by atoms with E-state index in [1.165, 1.54) is 44.9 Å². The van der Waals surface area contributed by atoms with Crippen LogP contribution in [0.15, 0.2) is 24.3 Å². The standard InChI is InChI=1S/C23H34O4/c1-2-3-4-5-6-12-17-26-22(24)20-15-10-11-16-21(20)23(25)27-18-19-13-8-7-9-14-19/h10-11,15-16,19H,2-9,12-14,17-18H2,1H3. The van der Waals surface area contributed by atoms with Crippen LogP contribution in [0.5, 0.6) is 0 Å². The largest absolute Gasteiger partial charge is 0.462 e. The van der Waals surface area contributed by atoms with Gasteiger partial charge in [0, 0.05) is 0 Å². The first kappa shape index (κ1) is 21.5. The van der Waals surface area contributed by atoms with Gasteiger partial charge in [0.25, 0.3) is 0 Å². The predicted molar refractivity (Wildman–Crippen MR) is 107 cm³/mol. The van der Waals surface area contributed by atoms with E-state index in [-0.39, 0.29) is 0 Å². The molecule has 2 rings (SSSR count). The first-order valence-electron chi connectivity index (χ1n) is 10.7. The molecule has 0 aromatic heterocycles. The number of ether oxygens (including phenoxy) is 2. The minimum atomic E-state index is -0.436. The van der Waals surface area contributed by atoms with Gasteiger partial charge >= 0.3 is 11.9 Å². The molecule has 0 bridgehead atoms. The van der Waals surface area contributed by atoms with Crippen LogP contribution in [0.25, 0.3) is 0 Å². The molecular formula is C23H34O4. The average molecular weight is 375 g/mol. The van der Waals surface area contributed by atoms with Crippen molar-refractivity contribution >= 4 is 11.9 Å². The van der Waals surface area contributed by atoms with Gasteiger partial charge in [-0.2, -0.15) is 0 Å². The average Bonchev–Trinajstić information content (AvgIpc) is 2.72. The molecule has 150 valence electrons. The van der Waals surface area contributed by atoms with Gasteiger partial charge in [-0.3, -0.25) is 0 Å². The Morgan fingerprint density at radius 2 is 1.44 bits per heavy atom. The number of rotatable bonds is 11. The molecule has 0 aliphatic heterocycles. The molecule has 1 aliphatic carbocycles. The van der Waals surface area contributed by atoms with E-state index in [0.717, 1.165) is 25.7 Å². The van der Waals surface area contributed by atoms with Crippen LogP contribution in [0.4, 0.5) is 0 Å². The summed E-state index contributed by atoms with van der Waals surface area (Å²) in [7, 11) is 0. The molecule has 1 aromatic rings. The molecule has 4 heteroatoms. The number of hydrogen-bond acceptors (Lipinski definition) is 4. The second kappa shape index (κ2) is 12.5. The Bertz CT molecular complexity index is 575. The van der Waals surface area contributed by atoms with E-state index < -0.39 is 11.9 Å². The molecule has 1 aliphatic rings. The maximum Gasteiger partial charge on any atom is 0.339 e. The van der Waals surface area contributed by atoms with E-state index in [9.17, 15) is 9.59 Å². The van der Waals surface area contributed by atoms with E-state index in [1.54, 1.807) is 24.3 Å². The highest BCUT2D eigenvalue weighted by Gasteiger charge is 2.21. The molecule has 0 heterocycles. The van der Waals surface area contributed by atoms with Gasteiger partial charge in [0.15, 0.2) is 0 Å². The Morgan fingerprint density at radius 1 is 0.852 bits per heavy atom. The van der Waals surface area contributed by atoms with Crippen LogP contribution < -0.4 is 0 Å². The lowest BCUT2D eigenvalue weighted by molar-refractivity contribution is 0.0390. The van der Waals surface area contributed by atoms with E-state index in [1.807, 2.05) is 0 Å². The highest BCUT2D eigenvalue weighted by Crippen LogP contribution is 2.24.